The topological polar surface area (TPSA) is 65.5 Å². The predicted molar refractivity (Wildman–Crippen MR) is 98.1 cm³/mol. The number of benzene rings is 1. The van der Waals surface area contributed by atoms with E-state index < -0.39 is 0 Å². The fourth-order valence-electron chi connectivity index (χ4n) is 2.48. The molecule has 0 aliphatic carbocycles. The van der Waals surface area contributed by atoms with E-state index in [0.717, 1.165) is 24.6 Å². The van der Waals surface area contributed by atoms with E-state index >= 15 is 0 Å². The van der Waals surface area contributed by atoms with Crippen LogP contribution >= 0.6 is 11.8 Å². The summed E-state index contributed by atoms with van der Waals surface area (Å²) in [5, 5.41) is 10.0. The molecule has 1 aromatic rings. The molecule has 6 heteroatoms. The minimum atomic E-state index is -0.0703. The SMILES string of the molecule is CCNC(=NCc1cccc(C(=O)NC)c1)NCC1CCCS1. The molecule has 3 N–H and O–H groups in total. The van der Waals surface area contributed by atoms with E-state index in [-0.39, 0.29) is 5.91 Å². The summed E-state index contributed by atoms with van der Waals surface area (Å²) in [5.41, 5.74) is 1.69. The Morgan fingerprint density at radius 1 is 1.39 bits per heavy atom. The van der Waals surface area contributed by atoms with Crippen molar-refractivity contribution < 1.29 is 4.79 Å². The molecule has 5 nitrogen and oxygen atoms in total. The van der Waals surface area contributed by atoms with Crippen LogP contribution in [-0.4, -0.2) is 43.0 Å². The Balaban J connectivity index is 1.94. The first-order valence-electron chi connectivity index (χ1n) is 8.17. The molecule has 1 heterocycles. The fraction of sp³-hybridized carbons (Fsp3) is 0.529. The lowest BCUT2D eigenvalue weighted by Crippen LogP contribution is -2.40. The number of guanidine groups is 1. The summed E-state index contributed by atoms with van der Waals surface area (Å²) in [6, 6.07) is 7.59. The maximum Gasteiger partial charge on any atom is 0.251 e. The van der Waals surface area contributed by atoms with Crippen LogP contribution in [0.5, 0.6) is 0 Å². The van der Waals surface area contributed by atoms with E-state index in [4.69, 9.17) is 0 Å². The zero-order chi connectivity index (χ0) is 16.5. The van der Waals surface area contributed by atoms with Gasteiger partial charge in [-0.05, 0) is 43.2 Å². The second kappa shape index (κ2) is 9.45. The molecule has 1 unspecified atom stereocenters. The zero-order valence-electron chi connectivity index (χ0n) is 13.9. The molecule has 0 aromatic heterocycles. The maximum absolute atomic E-state index is 11.7. The molecule has 23 heavy (non-hydrogen) atoms. The molecule has 0 saturated carbocycles. The van der Waals surface area contributed by atoms with Gasteiger partial charge in [0.2, 0.25) is 0 Å². The van der Waals surface area contributed by atoms with Crippen molar-refractivity contribution in [3.05, 3.63) is 35.4 Å². The van der Waals surface area contributed by atoms with Crippen LogP contribution in [-0.2, 0) is 6.54 Å². The number of nitrogens with one attached hydrogen (secondary N) is 3. The normalized spacial score (nSPS) is 17.8. The van der Waals surface area contributed by atoms with E-state index in [1.807, 2.05) is 36.0 Å². The van der Waals surface area contributed by atoms with Gasteiger partial charge in [0.05, 0.1) is 6.54 Å². The van der Waals surface area contributed by atoms with Gasteiger partial charge < -0.3 is 16.0 Å². The summed E-state index contributed by atoms with van der Waals surface area (Å²) in [7, 11) is 1.64. The molecule has 0 bridgehead atoms. The smallest absolute Gasteiger partial charge is 0.251 e. The lowest BCUT2D eigenvalue weighted by atomic mass is 10.1. The zero-order valence-corrected chi connectivity index (χ0v) is 14.7. The van der Waals surface area contributed by atoms with Crippen LogP contribution in [0.1, 0.15) is 35.7 Å². The average Bonchev–Trinajstić information content (AvgIpc) is 3.10. The highest BCUT2D eigenvalue weighted by Gasteiger charge is 2.15. The largest absolute Gasteiger partial charge is 0.357 e. The van der Waals surface area contributed by atoms with Gasteiger partial charge in [-0.3, -0.25) is 4.79 Å². The monoisotopic (exact) mass is 334 g/mol. The Labute approximate surface area is 142 Å². The van der Waals surface area contributed by atoms with Crippen LogP contribution in [0.4, 0.5) is 0 Å². The number of amides is 1. The molecule has 1 aliphatic rings. The minimum absolute atomic E-state index is 0.0703. The molecule has 1 fully saturated rings. The number of hydrogen-bond acceptors (Lipinski definition) is 3. The Kier molecular flexibility index (Phi) is 7.26. The molecular weight excluding hydrogens is 308 g/mol. The second-order valence-corrected chi connectivity index (χ2v) is 6.90. The minimum Gasteiger partial charge on any atom is -0.357 e. The molecule has 126 valence electrons. The van der Waals surface area contributed by atoms with Crippen molar-refractivity contribution in [3.8, 4) is 0 Å². The molecule has 1 aromatic carbocycles. The van der Waals surface area contributed by atoms with Crippen molar-refractivity contribution in [1.82, 2.24) is 16.0 Å². The van der Waals surface area contributed by atoms with Crippen molar-refractivity contribution in [3.63, 3.8) is 0 Å². The summed E-state index contributed by atoms with van der Waals surface area (Å²) in [6.45, 7) is 4.41. The van der Waals surface area contributed by atoms with Crippen LogP contribution in [0.25, 0.3) is 0 Å². The van der Waals surface area contributed by atoms with E-state index in [9.17, 15) is 4.79 Å². The number of carbonyl (C=O) groups is 1. The third kappa shape index (κ3) is 5.78. The molecule has 0 radical (unpaired) electrons. The van der Waals surface area contributed by atoms with Crippen LogP contribution in [0.3, 0.4) is 0 Å². The maximum atomic E-state index is 11.7. The lowest BCUT2D eigenvalue weighted by Gasteiger charge is -2.14. The summed E-state index contributed by atoms with van der Waals surface area (Å²) in [5.74, 6) is 2.04. The van der Waals surface area contributed by atoms with Gasteiger partial charge in [0.1, 0.15) is 0 Å². The first-order valence-corrected chi connectivity index (χ1v) is 9.22. The summed E-state index contributed by atoms with van der Waals surface area (Å²) in [4.78, 5) is 16.3. The standard InChI is InChI=1S/C17H26N4OS/c1-3-19-17(21-12-15-8-5-9-23-15)20-11-13-6-4-7-14(10-13)16(22)18-2/h4,6-7,10,15H,3,5,8-9,11-12H2,1-2H3,(H,18,22)(H2,19,20,21). The Bertz CT molecular complexity index is 541. The molecular formula is C17H26N4OS. The molecule has 0 spiro atoms. The number of thioether (sulfide) groups is 1. The molecule has 1 aliphatic heterocycles. The molecule has 1 amide bonds. The molecule has 1 atom stereocenters. The van der Waals surface area contributed by atoms with Crippen LogP contribution < -0.4 is 16.0 Å². The summed E-state index contributed by atoms with van der Waals surface area (Å²) in [6.07, 6.45) is 2.60. The van der Waals surface area contributed by atoms with Gasteiger partial charge in [-0.1, -0.05) is 12.1 Å². The van der Waals surface area contributed by atoms with E-state index in [2.05, 4.69) is 27.9 Å². The Morgan fingerprint density at radius 2 is 2.26 bits per heavy atom. The Hall–Kier alpha value is -1.69. The van der Waals surface area contributed by atoms with Crippen molar-refractivity contribution in [1.29, 1.82) is 0 Å². The number of aliphatic imine (C=N–C) groups is 1. The van der Waals surface area contributed by atoms with Crippen molar-refractivity contribution in [2.24, 2.45) is 4.99 Å². The average molecular weight is 334 g/mol. The number of nitrogens with zero attached hydrogens (tertiary/aromatic N) is 1. The van der Waals surface area contributed by atoms with Gasteiger partial charge in [0.25, 0.3) is 5.91 Å². The highest BCUT2D eigenvalue weighted by Crippen LogP contribution is 2.25. The van der Waals surface area contributed by atoms with Gasteiger partial charge in [-0.15, -0.1) is 0 Å². The van der Waals surface area contributed by atoms with Crippen molar-refractivity contribution in [2.45, 2.75) is 31.6 Å². The second-order valence-electron chi connectivity index (χ2n) is 5.49. The Morgan fingerprint density at radius 3 is 2.96 bits per heavy atom. The lowest BCUT2D eigenvalue weighted by molar-refractivity contribution is 0.0963. The van der Waals surface area contributed by atoms with Crippen LogP contribution in [0.2, 0.25) is 0 Å². The van der Waals surface area contributed by atoms with E-state index in [1.165, 1.54) is 18.6 Å². The summed E-state index contributed by atoms with van der Waals surface area (Å²) < 4.78 is 0. The van der Waals surface area contributed by atoms with Crippen LogP contribution in [0.15, 0.2) is 29.3 Å². The number of rotatable bonds is 6. The first kappa shape index (κ1) is 17.7. The first-order chi connectivity index (χ1) is 11.2. The summed E-state index contributed by atoms with van der Waals surface area (Å²) >= 11 is 2.03. The van der Waals surface area contributed by atoms with Crippen molar-refractivity contribution >= 4 is 23.6 Å². The van der Waals surface area contributed by atoms with E-state index in [0.29, 0.717) is 17.4 Å². The third-order valence-electron chi connectivity index (χ3n) is 3.70. The fourth-order valence-corrected chi connectivity index (χ4v) is 3.68. The van der Waals surface area contributed by atoms with Gasteiger partial charge in [0, 0.05) is 31.0 Å². The van der Waals surface area contributed by atoms with Gasteiger partial charge in [0.15, 0.2) is 5.96 Å². The number of hydrogen-bond donors (Lipinski definition) is 3. The van der Waals surface area contributed by atoms with Gasteiger partial charge in [-0.2, -0.15) is 11.8 Å². The highest BCUT2D eigenvalue weighted by atomic mass is 32.2. The quantitative estimate of drug-likeness (QED) is 0.550. The molecule has 2 rings (SSSR count). The molecule has 1 saturated heterocycles. The van der Waals surface area contributed by atoms with E-state index in [1.54, 1.807) is 7.05 Å². The predicted octanol–water partition coefficient (Wildman–Crippen LogP) is 2.00. The van der Waals surface area contributed by atoms with Gasteiger partial charge in [-0.25, -0.2) is 4.99 Å². The van der Waals surface area contributed by atoms with Crippen molar-refractivity contribution in [2.75, 3.05) is 25.9 Å². The third-order valence-corrected chi connectivity index (χ3v) is 5.10. The van der Waals surface area contributed by atoms with Crippen LogP contribution in [0, 0.1) is 0 Å². The number of carbonyl (C=O) groups excluding carboxylic acids is 1. The highest BCUT2D eigenvalue weighted by molar-refractivity contribution is 8.00. The van der Waals surface area contributed by atoms with Gasteiger partial charge >= 0.3 is 0 Å².